The summed E-state index contributed by atoms with van der Waals surface area (Å²) >= 11 is 3.24. The second-order valence-electron chi connectivity index (χ2n) is 5.45. The summed E-state index contributed by atoms with van der Waals surface area (Å²) in [5.41, 5.74) is 0.222. The Morgan fingerprint density at radius 3 is 2.29 bits per heavy atom. The van der Waals surface area contributed by atoms with E-state index in [1.165, 1.54) is 18.2 Å². The Bertz CT molecular complexity index is 811. The van der Waals surface area contributed by atoms with Crippen LogP contribution in [0.1, 0.15) is 11.6 Å². The molecule has 0 bridgehead atoms. The zero-order chi connectivity index (χ0) is 17.9. The minimum atomic E-state index is -3.73. The first-order valence-corrected chi connectivity index (χ1v) is 9.35. The molecule has 130 valence electrons. The van der Waals surface area contributed by atoms with Crippen molar-refractivity contribution in [3.05, 3.63) is 64.1 Å². The smallest absolute Gasteiger partial charge is 0.240 e. The molecule has 2 aromatic rings. The molecule has 0 aliphatic rings. The maximum atomic E-state index is 14.0. The largest absolute Gasteiger partial charge is 0.301 e. The molecular formula is C16H17BrF2N2O2S. The number of rotatable bonds is 6. The van der Waals surface area contributed by atoms with E-state index < -0.39 is 27.7 Å². The number of sulfonamides is 1. The van der Waals surface area contributed by atoms with E-state index in [1.807, 2.05) is 0 Å². The standard InChI is InChI=1S/C16H17BrF2N2O2S/c1-21(2)16(14-8-5-12(18)9-15(14)19)10-20-24(22,23)13-6-3-11(17)4-7-13/h3-9,16,20H,10H2,1-2H3/t16-/m0/s1. The van der Waals surface area contributed by atoms with Gasteiger partial charge in [0.25, 0.3) is 0 Å². The number of halogens is 3. The zero-order valence-corrected chi connectivity index (χ0v) is 15.5. The van der Waals surface area contributed by atoms with Crippen LogP contribution >= 0.6 is 15.9 Å². The fourth-order valence-electron chi connectivity index (χ4n) is 2.23. The van der Waals surface area contributed by atoms with Crippen molar-refractivity contribution in [2.75, 3.05) is 20.6 Å². The molecule has 0 fully saturated rings. The highest BCUT2D eigenvalue weighted by atomic mass is 79.9. The van der Waals surface area contributed by atoms with Gasteiger partial charge >= 0.3 is 0 Å². The fourth-order valence-corrected chi connectivity index (χ4v) is 3.53. The van der Waals surface area contributed by atoms with Gasteiger partial charge in [-0.25, -0.2) is 21.9 Å². The van der Waals surface area contributed by atoms with E-state index in [-0.39, 0.29) is 17.0 Å². The van der Waals surface area contributed by atoms with Gasteiger partial charge in [0.05, 0.1) is 10.9 Å². The Morgan fingerprint density at radius 2 is 1.75 bits per heavy atom. The van der Waals surface area contributed by atoms with E-state index in [0.717, 1.165) is 16.6 Å². The number of nitrogens with one attached hydrogen (secondary N) is 1. The Labute approximate surface area is 148 Å². The normalized spacial score (nSPS) is 13.2. The molecule has 0 spiro atoms. The van der Waals surface area contributed by atoms with E-state index in [1.54, 1.807) is 31.1 Å². The summed E-state index contributed by atoms with van der Waals surface area (Å²) in [6.45, 7) is -0.0477. The lowest BCUT2D eigenvalue weighted by Crippen LogP contribution is -2.35. The molecule has 0 unspecified atom stereocenters. The van der Waals surface area contributed by atoms with Gasteiger partial charge in [-0.3, -0.25) is 0 Å². The van der Waals surface area contributed by atoms with Crippen LogP contribution in [0.4, 0.5) is 8.78 Å². The summed E-state index contributed by atoms with van der Waals surface area (Å²) < 4.78 is 55.0. The van der Waals surface area contributed by atoms with Crippen LogP contribution in [0.15, 0.2) is 51.8 Å². The molecule has 2 rings (SSSR count). The number of likely N-dealkylation sites (N-methyl/N-ethyl adjacent to an activating group) is 1. The minimum absolute atomic E-state index is 0.0477. The van der Waals surface area contributed by atoms with Gasteiger partial charge in [-0.1, -0.05) is 22.0 Å². The first kappa shape index (κ1) is 19.0. The highest BCUT2D eigenvalue weighted by Gasteiger charge is 2.22. The first-order valence-electron chi connectivity index (χ1n) is 7.07. The van der Waals surface area contributed by atoms with Crippen LogP contribution in [0, 0.1) is 11.6 Å². The Kier molecular flexibility index (Phi) is 6.08. The topological polar surface area (TPSA) is 49.4 Å². The van der Waals surface area contributed by atoms with Crippen LogP contribution in [-0.4, -0.2) is 34.0 Å². The Hall–Kier alpha value is -1.35. The number of nitrogens with zero attached hydrogens (tertiary/aromatic N) is 1. The zero-order valence-electron chi connectivity index (χ0n) is 13.1. The summed E-state index contributed by atoms with van der Waals surface area (Å²) in [5.74, 6) is -1.39. The first-order chi connectivity index (χ1) is 11.2. The average molecular weight is 419 g/mol. The molecule has 1 N–H and O–H groups in total. The summed E-state index contributed by atoms with van der Waals surface area (Å²) in [4.78, 5) is 1.78. The van der Waals surface area contributed by atoms with E-state index in [2.05, 4.69) is 20.7 Å². The summed E-state index contributed by atoms with van der Waals surface area (Å²) in [7, 11) is -0.337. The van der Waals surface area contributed by atoms with Gasteiger partial charge in [-0.2, -0.15) is 0 Å². The summed E-state index contributed by atoms with van der Waals surface area (Å²) in [6, 6.07) is 8.87. The van der Waals surface area contributed by atoms with E-state index in [0.29, 0.717) is 0 Å². The lowest BCUT2D eigenvalue weighted by molar-refractivity contribution is 0.291. The predicted molar refractivity (Wildman–Crippen MR) is 92.1 cm³/mol. The predicted octanol–water partition coefficient (Wildman–Crippen LogP) is 3.31. The number of hydrogen-bond acceptors (Lipinski definition) is 3. The van der Waals surface area contributed by atoms with Crippen LogP contribution in [0.2, 0.25) is 0 Å². The van der Waals surface area contributed by atoms with E-state index >= 15 is 0 Å². The molecule has 0 heterocycles. The molecular weight excluding hydrogens is 402 g/mol. The van der Waals surface area contributed by atoms with Gasteiger partial charge in [-0.05, 0) is 44.4 Å². The van der Waals surface area contributed by atoms with Crippen molar-refractivity contribution in [3.8, 4) is 0 Å². The lowest BCUT2D eigenvalue weighted by Gasteiger charge is -2.25. The highest BCUT2D eigenvalue weighted by Crippen LogP contribution is 2.22. The van der Waals surface area contributed by atoms with Gasteiger partial charge in [0.2, 0.25) is 10.0 Å². The van der Waals surface area contributed by atoms with Gasteiger partial charge in [0, 0.05) is 22.6 Å². The second kappa shape index (κ2) is 7.69. The molecule has 4 nitrogen and oxygen atoms in total. The van der Waals surface area contributed by atoms with Crippen molar-refractivity contribution >= 4 is 26.0 Å². The highest BCUT2D eigenvalue weighted by molar-refractivity contribution is 9.10. The molecule has 0 aliphatic carbocycles. The Balaban J connectivity index is 2.21. The maximum absolute atomic E-state index is 14.0. The van der Waals surface area contributed by atoms with Crippen LogP contribution in [0.3, 0.4) is 0 Å². The second-order valence-corrected chi connectivity index (χ2v) is 8.13. The summed E-state index contributed by atoms with van der Waals surface area (Å²) in [5, 5.41) is 0. The quantitative estimate of drug-likeness (QED) is 0.782. The average Bonchev–Trinajstić information content (AvgIpc) is 2.49. The van der Waals surface area contributed by atoms with Crippen LogP contribution in [-0.2, 0) is 10.0 Å². The molecule has 0 radical (unpaired) electrons. The van der Waals surface area contributed by atoms with Crippen LogP contribution in [0.25, 0.3) is 0 Å². The molecule has 0 saturated heterocycles. The van der Waals surface area contributed by atoms with Crippen LogP contribution in [0.5, 0.6) is 0 Å². The van der Waals surface area contributed by atoms with Crippen molar-refractivity contribution in [3.63, 3.8) is 0 Å². The molecule has 8 heteroatoms. The molecule has 0 saturated carbocycles. The number of benzene rings is 2. The third kappa shape index (κ3) is 4.60. The van der Waals surface area contributed by atoms with Crippen molar-refractivity contribution in [2.24, 2.45) is 0 Å². The van der Waals surface area contributed by atoms with Crippen molar-refractivity contribution < 1.29 is 17.2 Å². The molecule has 0 amide bonds. The third-order valence-corrected chi connectivity index (χ3v) is 5.50. The van der Waals surface area contributed by atoms with E-state index in [9.17, 15) is 17.2 Å². The molecule has 24 heavy (non-hydrogen) atoms. The lowest BCUT2D eigenvalue weighted by atomic mass is 10.1. The molecule has 0 aromatic heterocycles. The van der Waals surface area contributed by atoms with E-state index in [4.69, 9.17) is 0 Å². The maximum Gasteiger partial charge on any atom is 0.240 e. The summed E-state index contributed by atoms with van der Waals surface area (Å²) in [6.07, 6.45) is 0. The minimum Gasteiger partial charge on any atom is -0.301 e. The fraction of sp³-hybridized carbons (Fsp3) is 0.250. The SMILES string of the molecule is CN(C)[C@@H](CNS(=O)(=O)c1ccc(Br)cc1)c1ccc(F)cc1F. The van der Waals surface area contributed by atoms with Gasteiger partial charge < -0.3 is 4.90 Å². The molecule has 0 aliphatic heterocycles. The molecule has 2 aromatic carbocycles. The van der Waals surface area contributed by atoms with Crippen molar-refractivity contribution in [1.82, 2.24) is 9.62 Å². The van der Waals surface area contributed by atoms with Gasteiger partial charge in [0.15, 0.2) is 0 Å². The molecule has 1 atom stereocenters. The Morgan fingerprint density at radius 1 is 1.12 bits per heavy atom. The van der Waals surface area contributed by atoms with Crippen molar-refractivity contribution in [1.29, 1.82) is 0 Å². The third-order valence-electron chi connectivity index (χ3n) is 3.54. The van der Waals surface area contributed by atoms with Crippen molar-refractivity contribution in [2.45, 2.75) is 10.9 Å². The number of hydrogen-bond donors (Lipinski definition) is 1. The monoisotopic (exact) mass is 418 g/mol. The van der Waals surface area contributed by atoms with Gasteiger partial charge in [0.1, 0.15) is 11.6 Å². The van der Waals surface area contributed by atoms with Crippen LogP contribution < -0.4 is 4.72 Å². The van der Waals surface area contributed by atoms with Gasteiger partial charge in [-0.15, -0.1) is 0 Å².